The molecule has 1 saturated heterocycles. The van der Waals surface area contributed by atoms with Crippen molar-refractivity contribution in [3.8, 4) is 0 Å². The van der Waals surface area contributed by atoms with Crippen molar-refractivity contribution in [1.29, 1.82) is 0 Å². The van der Waals surface area contributed by atoms with Gasteiger partial charge in [-0.1, -0.05) is 49.2 Å². The molecule has 1 atom stereocenters. The summed E-state index contributed by atoms with van der Waals surface area (Å²) in [7, 11) is 0. The number of hydrogen-bond donors (Lipinski definition) is 1. The van der Waals surface area contributed by atoms with Crippen LogP contribution < -0.4 is 10.6 Å². The second kappa shape index (κ2) is 6.93. The topological polar surface area (TPSA) is 42.2 Å². The Bertz CT molecular complexity index is 601. The summed E-state index contributed by atoms with van der Waals surface area (Å²) in [6, 6.07) is 14.4. The van der Waals surface area contributed by atoms with Crippen molar-refractivity contribution in [1.82, 2.24) is 4.98 Å². The van der Waals surface area contributed by atoms with Crippen molar-refractivity contribution >= 4 is 5.82 Å². The Labute approximate surface area is 133 Å². The van der Waals surface area contributed by atoms with Crippen LogP contribution in [0.15, 0.2) is 42.5 Å². The lowest BCUT2D eigenvalue weighted by atomic mass is 9.98. The lowest BCUT2D eigenvalue weighted by molar-refractivity contribution is 0.726. The minimum absolute atomic E-state index is 0.105. The molecule has 3 heteroatoms. The van der Waals surface area contributed by atoms with Crippen LogP contribution >= 0.6 is 0 Å². The number of aryl methyl sites for hydroxylation is 1. The van der Waals surface area contributed by atoms with E-state index in [1.54, 1.807) is 0 Å². The standard InChI is InChI=1S/C19H25N3/c1-15-17(19(20)16-9-5-4-6-10-16)11-12-18(21-15)22-13-7-2-3-8-14-22/h4-6,9-12,19H,2-3,7-8,13-14,20H2,1H3/t19-/m0/s1. The van der Waals surface area contributed by atoms with Gasteiger partial charge in [-0.2, -0.15) is 0 Å². The third-order valence-corrected chi connectivity index (χ3v) is 4.54. The molecule has 3 rings (SSSR count). The average Bonchev–Trinajstić information content (AvgIpc) is 2.84. The van der Waals surface area contributed by atoms with Crippen LogP contribution in [-0.4, -0.2) is 18.1 Å². The smallest absolute Gasteiger partial charge is 0.128 e. The fourth-order valence-corrected chi connectivity index (χ4v) is 3.20. The van der Waals surface area contributed by atoms with Crippen LogP contribution in [0.5, 0.6) is 0 Å². The van der Waals surface area contributed by atoms with Gasteiger partial charge in [-0.05, 0) is 37.0 Å². The van der Waals surface area contributed by atoms with Gasteiger partial charge in [0.15, 0.2) is 0 Å². The predicted molar refractivity (Wildman–Crippen MR) is 92.1 cm³/mol. The molecule has 22 heavy (non-hydrogen) atoms. The molecule has 116 valence electrons. The maximum absolute atomic E-state index is 6.42. The molecule has 1 aromatic carbocycles. The second-order valence-electron chi connectivity index (χ2n) is 6.13. The van der Waals surface area contributed by atoms with Gasteiger partial charge in [0, 0.05) is 18.8 Å². The first kappa shape index (κ1) is 15.0. The molecule has 0 amide bonds. The van der Waals surface area contributed by atoms with Gasteiger partial charge in [0.25, 0.3) is 0 Å². The van der Waals surface area contributed by atoms with E-state index in [1.807, 2.05) is 18.2 Å². The van der Waals surface area contributed by atoms with Crippen LogP contribution in [0.2, 0.25) is 0 Å². The highest BCUT2D eigenvalue weighted by atomic mass is 15.2. The molecule has 0 bridgehead atoms. The molecule has 0 radical (unpaired) electrons. The number of aromatic nitrogens is 1. The van der Waals surface area contributed by atoms with Crippen LogP contribution in [0.4, 0.5) is 5.82 Å². The van der Waals surface area contributed by atoms with Crippen LogP contribution in [0, 0.1) is 6.92 Å². The number of nitrogens with zero attached hydrogens (tertiary/aromatic N) is 2. The normalized spacial score (nSPS) is 17.1. The zero-order valence-electron chi connectivity index (χ0n) is 13.3. The number of hydrogen-bond acceptors (Lipinski definition) is 3. The van der Waals surface area contributed by atoms with Gasteiger partial charge in [0.05, 0.1) is 6.04 Å². The zero-order chi connectivity index (χ0) is 15.4. The highest BCUT2D eigenvalue weighted by Crippen LogP contribution is 2.25. The third kappa shape index (κ3) is 3.30. The number of benzene rings is 1. The third-order valence-electron chi connectivity index (χ3n) is 4.54. The summed E-state index contributed by atoms with van der Waals surface area (Å²) in [6.07, 6.45) is 5.22. The minimum atomic E-state index is -0.105. The van der Waals surface area contributed by atoms with Crippen molar-refractivity contribution < 1.29 is 0 Å². The maximum Gasteiger partial charge on any atom is 0.128 e. The summed E-state index contributed by atoms with van der Waals surface area (Å²) < 4.78 is 0. The van der Waals surface area contributed by atoms with Crippen molar-refractivity contribution in [2.75, 3.05) is 18.0 Å². The van der Waals surface area contributed by atoms with Crippen LogP contribution in [-0.2, 0) is 0 Å². The molecule has 1 aliphatic rings. The number of pyridine rings is 1. The Hall–Kier alpha value is -1.87. The van der Waals surface area contributed by atoms with E-state index >= 15 is 0 Å². The number of nitrogens with two attached hydrogens (primary N) is 1. The van der Waals surface area contributed by atoms with E-state index < -0.39 is 0 Å². The molecule has 0 unspecified atom stereocenters. The molecule has 3 nitrogen and oxygen atoms in total. The summed E-state index contributed by atoms with van der Waals surface area (Å²) >= 11 is 0. The van der Waals surface area contributed by atoms with Crippen LogP contribution in [0.1, 0.15) is 48.5 Å². The number of rotatable bonds is 3. The molecule has 0 saturated carbocycles. The fraction of sp³-hybridized carbons (Fsp3) is 0.421. The van der Waals surface area contributed by atoms with Gasteiger partial charge in [-0.3, -0.25) is 0 Å². The lowest BCUT2D eigenvalue weighted by Gasteiger charge is -2.23. The van der Waals surface area contributed by atoms with Gasteiger partial charge in [-0.25, -0.2) is 4.98 Å². The molecular weight excluding hydrogens is 270 g/mol. The van der Waals surface area contributed by atoms with Gasteiger partial charge in [-0.15, -0.1) is 0 Å². The molecule has 1 aromatic heterocycles. The Balaban J connectivity index is 1.82. The highest BCUT2D eigenvalue weighted by molar-refractivity contribution is 5.44. The second-order valence-corrected chi connectivity index (χ2v) is 6.13. The van der Waals surface area contributed by atoms with E-state index in [-0.39, 0.29) is 6.04 Å². The summed E-state index contributed by atoms with van der Waals surface area (Å²) in [5.41, 5.74) is 9.71. The summed E-state index contributed by atoms with van der Waals surface area (Å²) in [6.45, 7) is 4.31. The molecule has 1 aliphatic heterocycles. The molecular formula is C19H25N3. The predicted octanol–water partition coefficient (Wildman–Crippen LogP) is 3.82. The van der Waals surface area contributed by atoms with E-state index in [0.29, 0.717) is 0 Å². The summed E-state index contributed by atoms with van der Waals surface area (Å²) in [5, 5.41) is 0. The monoisotopic (exact) mass is 295 g/mol. The summed E-state index contributed by atoms with van der Waals surface area (Å²) in [5.74, 6) is 1.10. The Morgan fingerprint density at radius 3 is 2.27 bits per heavy atom. The van der Waals surface area contributed by atoms with E-state index in [9.17, 15) is 0 Å². The largest absolute Gasteiger partial charge is 0.357 e. The molecule has 1 fully saturated rings. The van der Waals surface area contributed by atoms with Crippen molar-refractivity contribution in [3.05, 3.63) is 59.3 Å². The summed E-state index contributed by atoms with van der Waals surface area (Å²) in [4.78, 5) is 7.25. The molecule has 2 aromatic rings. The van der Waals surface area contributed by atoms with Gasteiger partial charge in [0.1, 0.15) is 5.82 Å². The van der Waals surface area contributed by atoms with E-state index in [1.165, 1.54) is 25.7 Å². The SMILES string of the molecule is Cc1nc(N2CCCCCC2)ccc1[C@@H](N)c1ccccc1. The Morgan fingerprint density at radius 2 is 1.64 bits per heavy atom. The molecule has 2 heterocycles. The van der Waals surface area contributed by atoms with E-state index in [4.69, 9.17) is 10.7 Å². The van der Waals surface area contributed by atoms with Gasteiger partial charge in [0.2, 0.25) is 0 Å². The first-order chi connectivity index (χ1) is 10.8. The zero-order valence-corrected chi connectivity index (χ0v) is 13.3. The van der Waals surface area contributed by atoms with Gasteiger partial charge < -0.3 is 10.6 Å². The fourth-order valence-electron chi connectivity index (χ4n) is 3.20. The minimum Gasteiger partial charge on any atom is -0.357 e. The van der Waals surface area contributed by atoms with Crippen LogP contribution in [0.25, 0.3) is 0 Å². The first-order valence-corrected chi connectivity index (χ1v) is 8.29. The van der Waals surface area contributed by atoms with Crippen molar-refractivity contribution in [2.45, 2.75) is 38.6 Å². The molecule has 0 aliphatic carbocycles. The quantitative estimate of drug-likeness (QED) is 0.936. The molecule has 2 N–H and O–H groups in total. The number of anilines is 1. The highest BCUT2D eigenvalue weighted by Gasteiger charge is 2.15. The van der Waals surface area contributed by atoms with Crippen molar-refractivity contribution in [2.24, 2.45) is 5.73 Å². The van der Waals surface area contributed by atoms with Crippen molar-refractivity contribution in [3.63, 3.8) is 0 Å². The molecule has 0 spiro atoms. The van der Waals surface area contributed by atoms with E-state index in [2.05, 4.69) is 36.1 Å². The van der Waals surface area contributed by atoms with Crippen LogP contribution in [0.3, 0.4) is 0 Å². The maximum atomic E-state index is 6.42. The van der Waals surface area contributed by atoms with E-state index in [0.717, 1.165) is 35.7 Å². The van der Waals surface area contributed by atoms with Gasteiger partial charge >= 0.3 is 0 Å². The Morgan fingerprint density at radius 1 is 0.955 bits per heavy atom. The lowest BCUT2D eigenvalue weighted by Crippen LogP contribution is -2.25. The average molecular weight is 295 g/mol. The first-order valence-electron chi connectivity index (χ1n) is 8.29. The Kier molecular flexibility index (Phi) is 4.74.